The van der Waals surface area contributed by atoms with Crippen molar-refractivity contribution in [1.29, 1.82) is 0 Å². The molecular formula is C13H31NO2S. The average Bonchev–Trinajstić information content (AvgIpc) is 2.27. The third-order valence-electron chi connectivity index (χ3n) is 2.48. The first-order chi connectivity index (χ1) is 8.08. The van der Waals surface area contributed by atoms with Crippen molar-refractivity contribution in [2.45, 2.75) is 59.3 Å². The molecule has 0 amide bonds. The predicted octanol–water partition coefficient (Wildman–Crippen LogP) is 3.53. The van der Waals surface area contributed by atoms with E-state index >= 15 is 0 Å². The molecule has 106 valence electrons. The van der Waals surface area contributed by atoms with Gasteiger partial charge in [-0.3, -0.25) is 0 Å². The molecule has 0 heterocycles. The van der Waals surface area contributed by atoms with Gasteiger partial charge in [0.2, 0.25) is 0 Å². The van der Waals surface area contributed by atoms with E-state index in [-0.39, 0.29) is 0 Å². The monoisotopic (exact) mass is 265 g/mol. The van der Waals surface area contributed by atoms with Crippen LogP contribution < -0.4 is 0 Å². The van der Waals surface area contributed by atoms with Crippen molar-refractivity contribution >= 4 is 11.1 Å². The SMILES string of the molecule is CCCCN(CCCC)CCCC.CS(=O)O. The van der Waals surface area contributed by atoms with Crippen LogP contribution in [-0.2, 0) is 11.1 Å². The zero-order valence-electron chi connectivity index (χ0n) is 12.1. The van der Waals surface area contributed by atoms with Crippen molar-refractivity contribution in [1.82, 2.24) is 4.90 Å². The molecule has 0 spiro atoms. The Morgan fingerprint density at radius 2 is 1.12 bits per heavy atom. The normalized spacial score (nSPS) is 12.1. The lowest BCUT2D eigenvalue weighted by molar-refractivity contribution is 0.261. The summed E-state index contributed by atoms with van der Waals surface area (Å²) in [6, 6.07) is 0. The molecule has 0 saturated carbocycles. The summed E-state index contributed by atoms with van der Waals surface area (Å²) in [5, 5.41) is 0. The van der Waals surface area contributed by atoms with E-state index in [1.54, 1.807) is 0 Å². The van der Waals surface area contributed by atoms with E-state index in [9.17, 15) is 0 Å². The summed E-state index contributed by atoms with van der Waals surface area (Å²) < 4.78 is 16.6. The van der Waals surface area contributed by atoms with Gasteiger partial charge in [-0.05, 0) is 38.9 Å². The summed E-state index contributed by atoms with van der Waals surface area (Å²) in [6.45, 7) is 10.8. The Balaban J connectivity index is 0. The molecule has 0 fully saturated rings. The van der Waals surface area contributed by atoms with Crippen molar-refractivity contribution in [2.75, 3.05) is 25.9 Å². The second-order valence-corrected chi connectivity index (χ2v) is 5.17. The molecule has 4 heteroatoms. The molecule has 0 aromatic rings. The van der Waals surface area contributed by atoms with Crippen LogP contribution in [0.3, 0.4) is 0 Å². The number of nitrogens with zero attached hydrogens (tertiary/aromatic N) is 1. The Morgan fingerprint density at radius 3 is 1.29 bits per heavy atom. The minimum absolute atomic E-state index is 1.19. The molecule has 17 heavy (non-hydrogen) atoms. The van der Waals surface area contributed by atoms with Gasteiger partial charge in [0.1, 0.15) is 11.1 Å². The van der Waals surface area contributed by atoms with Crippen LogP contribution in [0, 0.1) is 0 Å². The smallest absolute Gasteiger partial charge is 0.149 e. The van der Waals surface area contributed by atoms with E-state index in [1.165, 1.54) is 64.4 Å². The molecule has 0 aromatic carbocycles. The van der Waals surface area contributed by atoms with Crippen molar-refractivity contribution in [3.05, 3.63) is 0 Å². The van der Waals surface area contributed by atoms with Crippen LogP contribution in [0.1, 0.15) is 59.3 Å². The fourth-order valence-corrected chi connectivity index (χ4v) is 1.48. The number of unbranched alkanes of at least 4 members (excludes halogenated alkanes) is 3. The summed E-state index contributed by atoms with van der Waals surface area (Å²) in [4.78, 5) is 2.64. The Morgan fingerprint density at radius 1 is 0.882 bits per heavy atom. The van der Waals surface area contributed by atoms with E-state index in [1.807, 2.05) is 0 Å². The van der Waals surface area contributed by atoms with Crippen LogP contribution in [-0.4, -0.2) is 39.6 Å². The maximum Gasteiger partial charge on any atom is 0.149 e. The predicted molar refractivity (Wildman–Crippen MR) is 77.9 cm³/mol. The van der Waals surface area contributed by atoms with Gasteiger partial charge >= 0.3 is 0 Å². The Labute approximate surface area is 110 Å². The molecule has 0 saturated heterocycles. The summed E-state index contributed by atoms with van der Waals surface area (Å²) in [6.07, 6.45) is 9.28. The van der Waals surface area contributed by atoms with Gasteiger partial charge in [-0.25, -0.2) is 4.21 Å². The highest BCUT2D eigenvalue weighted by molar-refractivity contribution is 7.78. The van der Waals surface area contributed by atoms with Gasteiger partial charge in [0.15, 0.2) is 0 Å². The minimum atomic E-state index is -1.61. The van der Waals surface area contributed by atoms with Crippen LogP contribution in [0.2, 0.25) is 0 Å². The second-order valence-electron chi connectivity index (χ2n) is 4.33. The highest BCUT2D eigenvalue weighted by Gasteiger charge is 2.01. The van der Waals surface area contributed by atoms with Gasteiger partial charge in [0.25, 0.3) is 0 Å². The fraction of sp³-hybridized carbons (Fsp3) is 1.00. The standard InChI is InChI=1S/C12H27N.CH4O2S/c1-4-7-10-13(11-8-5-2)12-9-6-3;1-4(2)3/h4-12H2,1-3H3;1H3,(H,2,3). The first-order valence-corrected chi connectivity index (χ1v) is 8.34. The minimum Gasteiger partial charge on any atom is -0.306 e. The Bertz CT molecular complexity index is 142. The van der Waals surface area contributed by atoms with Crippen LogP contribution in [0.25, 0.3) is 0 Å². The molecule has 0 aromatic heterocycles. The molecule has 1 atom stereocenters. The third-order valence-corrected chi connectivity index (χ3v) is 2.48. The Hall–Kier alpha value is 0.0700. The van der Waals surface area contributed by atoms with Crippen molar-refractivity contribution < 1.29 is 8.76 Å². The molecular weight excluding hydrogens is 234 g/mol. The molecule has 1 N–H and O–H groups in total. The van der Waals surface area contributed by atoms with Gasteiger partial charge in [0.05, 0.1) is 0 Å². The molecule has 0 aliphatic carbocycles. The molecule has 1 unspecified atom stereocenters. The van der Waals surface area contributed by atoms with E-state index in [0.717, 1.165) is 0 Å². The topological polar surface area (TPSA) is 40.5 Å². The van der Waals surface area contributed by atoms with Gasteiger partial charge in [-0.1, -0.05) is 40.0 Å². The fourth-order valence-electron chi connectivity index (χ4n) is 1.48. The maximum atomic E-state index is 9.11. The van der Waals surface area contributed by atoms with Gasteiger partial charge < -0.3 is 9.45 Å². The quantitative estimate of drug-likeness (QED) is 0.648. The lowest BCUT2D eigenvalue weighted by Crippen LogP contribution is -2.27. The third kappa shape index (κ3) is 21.8. The summed E-state index contributed by atoms with van der Waals surface area (Å²) in [5.41, 5.74) is 0. The van der Waals surface area contributed by atoms with E-state index < -0.39 is 11.1 Å². The molecule has 0 aliphatic rings. The lowest BCUT2D eigenvalue weighted by atomic mass is 10.2. The van der Waals surface area contributed by atoms with Crippen LogP contribution in [0.15, 0.2) is 0 Å². The molecule has 0 bridgehead atoms. The van der Waals surface area contributed by atoms with E-state index in [2.05, 4.69) is 25.7 Å². The van der Waals surface area contributed by atoms with Gasteiger partial charge in [-0.15, -0.1) is 0 Å². The lowest BCUT2D eigenvalue weighted by Gasteiger charge is -2.21. The summed E-state index contributed by atoms with van der Waals surface area (Å²) >= 11 is -1.61. The zero-order valence-corrected chi connectivity index (χ0v) is 12.9. The Kier molecular flexibility index (Phi) is 18.3. The molecule has 0 rings (SSSR count). The van der Waals surface area contributed by atoms with E-state index in [4.69, 9.17) is 8.76 Å². The zero-order chi connectivity index (χ0) is 13.5. The van der Waals surface area contributed by atoms with Gasteiger partial charge in [0, 0.05) is 6.26 Å². The highest BCUT2D eigenvalue weighted by Crippen LogP contribution is 2.01. The summed E-state index contributed by atoms with van der Waals surface area (Å²) in [5.74, 6) is 0. The van der Waals surface area contributed by atoms with Crippen LogP contribution in [0.4, 0.5) is 0 Å². The second kappa shape index (κ2) is 16.1. The van der Waals surface area contributed by atoms with E-state index in [0.29, 0.717) is 0 Å². The number of rotatable bonds is 9. The molecule has 0 radical (unpaired) electrons. The van der Waals surface area contributed by atoms with Gasteiger partial charge in [-0.2, -0.15) is 0 Å². The molecule has 0 aliphatic heterocycles. The maximum absolute atomic E-state index is 9.11. The number of hydrogen-bond acceptors (Lipinski definition) is 2. The largest absolute Gasteiger partial charge is 0.306 e. The van der Waals surface area contributed by atoms with Crippen molar-refractivity contribution in [3.63, 3.8) is 0 Å². The number of hydrogen-bond donors (Lipinski definition) is 1. The first-order valence-electron chi connectivity index (χ1n) is 6.83. The summed E-state index contributed by atoms with van der Waals surface area (Å²) in [7, 11) is 0. The van der Waals surface area contributed by atoms with Crippen LogP contribution >= 0.6 is 0 Å². The van der Waals surface area contributed by atoms with Crippen molar-refractivity contribution in [3.8, 4) is 0 Å². The van der Waals surface area contributed by atoms with Crippen molar-refractivity contribution in [2.24, 2.45) is 0 Å². The highest BCUT2D eigenvalue weighted by atomic mass is 32.2. The first kappa shape index (κ1) is 19.4. The molecule has 3 nitrogen and oxygen atoms in total. The van der Waals surface area contributed by atoms with Crippen LogP contribution in [0.5, 0.6) is 0 Å². The average molecular weight is 265 g/mol.